The smallest absolute Gasteiger partial charge is 0.140 e. The maximum atomic E-state index is 4.18. The maximum absolute atomic E-state index is 4.18. The Morgan fingerprint density at radius 3 is 3.14 bits per heavy atom. The van der Waals surface area contributed by atoms with Gasteiger partial charge in [0.15, 0.2) is 0 Å². The summed E-state index contributed by atoms with van der Waals surface area (Å²) in [4.78, 5) is 4.18. The fourth-order valence-corrected chi connectivity index (χ4v) is 1.74. The Balaban J connectivity index is 1.91. The zero-order valence-electron chi connectivity index (χ0n) is 8.75. The molecule has 1 aliphatic heterocycles. The van der Waals surface area contributed by atoms with Crippen LogP contribution in [-0.4, -0.2) is 33.4 Å². The second-order valence-electron chi connectivity index (χ2n) is 4.14. The van der Waals surface area contributed by atoms with Gasteiger partial charge in [0.1, 0.15) is 12.2 Å². The fraction of sp³-hybridized carbons (Fsp3) is 0.778. The van der Waals surface area contributed by atoms with E-state index in [4.69, 9.17) is 0 Å². The molecular weight excluding hydrogens is 178 g/mol. The van der Waals surface area contributed by atoms with E-state index in [1.54, 1.807) is 11.0 Å². The molecule has 1 saturated heterocycles. The van der Waals surface area contributed by atoms with Crippen molar-refractivity contribution in [3.8, 4) is 0 Å². The molecule has 0 spiro atoms. The van der Waals surface area contributed by atoms with Crippen LogP contribution in [0.4, 0.5) is 0 Å². The molecule has 1 atom stereocenters. The molecule has 0 bridgehead atoms. The van der Waals surface area contributed by atoms with Crippen LogP contribution in [0.2, 0.25) is 0 Å². The molecule has 5 nitrogen and oxygen atoms in total. The molecule has 1 aromatic rings. The molecule has 14 heavy (non-hydrogen) atoms. The average molecular weight is 195 g/mol. The first-order valence-electron chi connectivity index (χ1n) is 4.98. The van der Waals surface area contributed by atoms with E-state index >= 15 is 0 Å². The van der Waals surface area contributed by atoms with Crippen LogP contribution in [-0.2, 0) is 13.6 Å². The Hall–Kier alpha value is -0.940. The van der Waals surface area contributed by atoms with Gasteiger partial charge in [0.2, 0.25) is 0 Å². The monoisotopic (exact) mass is 195 g/mol. The number of aromatic nitrogens is 3. The second-order valence-corrected chi connectivity index (χ2v) is 4.14. The Bertz CT molecular complexity index is 300. The van der Waals surface area contributed by atoms with Crippen molar-refractivity contribution in [2.75, 3.05) is 13.1 Å². The molecule has 2 heterocycles. The third kappa shape index (κ3) is 1.93. The fourth-order valence-electron chi connectivity index (χ4n) is 1.74. The number of aryl methyl sites for hydroxylation is 1. The van der Waals surface area contributed by atoms with Crippen LogP contribution in [0.3, 0.4) is 0 Å². The summed E-state index contributed by atoms with van der Waals surface area (Å²) >= 11 is 0. The second kappa shape index (κ2) is 3.67. The standard InChI is InChI=1S/C9H17N5/c1-9(3-4-10-6-9)12-5-8-11-7-13-14(8)2/h7,10,12H,3-6H2,1-2H3. The van der Waals surface area contributed by atoms with Crippen LogP contribution in [0.1, 0.15) is 19.2 Å². The van der Waals surface area contributed by atoms with Gasteiger partial charge in [0.25, 0.3) is 0 Å². The molecule has 5 heteroatoms. The van der Waals surface area contributed by atoms with E-state index < -0.39 is 0 Å². The quantitative estimate of drug-likeness (QED) is 0.692. The van der Waals surface area contributed by atoms with Crippen molar-refractivity contribution in [3.63, 3.8) is 0 Å². The van der Waals surface area contributed by atoms with Gasteiger partial charge in [-0.15, -0.1) is 0 Å². The van der Waals surface area contributed by atoms with E-state index in [-0.39, 0.29) is 5.54 Å². The molecule has 78 valence electrons. The zero-order chi connectivity index (χ0) is 10.0. The van der Waals surface area contributed by atoms with Crippen LogP contribution < -0.4 is 10.6 Å². The summed E-state index contributed by atoms with van der Waals surface area (Å²) < 4.78 is 1.80. The van der Waals surface area contributed by atoms with Crippen molar-refractivity contribution in [1.82, 2.24) is 25.4 Å². The molecule has 1 unspecified atom stereocenters. The first kappa shape index (κ1) is 9.61. The number of nitrogens with zero attached hydrogens (tertiary/aromatic N) is 3. The summed E-state index contributed by atoms with van der Waals surface area (Å²) in [5, 5.41) is 10.9. The lowest BCUT2D eigenvalue weighted by Gasteiger charge is -2.24. The van der Waals surface area contributed by atoms with Crippen molar-refractivity contribution in [2.24, 2.45) is 7.05 Å². The molecule has 0 aliphatic carbocycles. The van der Waals surface area contributed by atoms with Gasteiger partial charge in [0, 0.05) is 19.1 Å². The van der Waals surface area contributed by atoms with Crippen LogP contribution in [0.5, 0.6) is 0 Å². The Morgan fingerprint density at radius 2 is 2.57 bits per heavy atom. The molecule has 1 aromatic heterocycles. The highest BCUT2D eigenvalue weighted by atomic mass is 15.3. The summed E-state index contributed by atoms with van der Waals surface area (Å²) in [6.07, 6.45) is 2.76. The predicted molar refractivity (Wildman–Crippen MR) is 53.7 cm³/mol. The van der Waals surface area contributed by atoms with E-state index in [0.717, 1.165) is 25.5 Å². The van der Waals surface area contributed by atoms with Crippen LogP contribution >= 0.6 is 0 Å². The van der Waals surface area contributed by atoms with E-state index in [2.05, 4.69) is 27.6 Å². The van der Waals surface area contributed by atoms with E-state index in [1.165, 1.54) is 6.42 Å². The highest BCUT2D eigenvalue weighted by Gasteiger charge is 2.27. The highest BCUT2D eigenvalue weighted by Crippen LogP contribution is 2.13. The van der Waals surface area contributed by atoms with Crippen LogP contribution in [0, 0.1) is 0 Å². The van der Waals surface area contributed by atoms with E-state index in [1.807, 2.05) is 7.05 Å². The van der Waals surface area contributed by atoms with Crippen molar-refractivity contribution in [2.45, 2.75) is 25.4 Å². The minimum absolute atomic E-state index is 0.214. The van der Waals surface area contributed by atoms with Gasteiger partial charge in [-0.1, -0.05) is 0 Å². The average Bonchev–Trinajstić information content (AvgIpc) is 2.73. The summed E-state index contributed by atoms with van der Waals surface area (Å²) in [6.45, 7) is 5.16. The third-order valence-electron chi connectivity index (χ3n) is 2.85. The Labute approximate surface area is 83.9 Å². The first-order chi connectivity index (χ1) is 6.70. The summed E-state index contributed by atoms with van der Waals surface area (Å²) in [5.41, 5.74) is 0.214. The molecule has 1 aliphatic rings. The lowest BCUT2D eigenvalue weighted by Crippen LogP contribution is -2.44. The molecule has 2 rings (SSSR count). The Morgan fingerprint density at radius 1 is 1.71 bits per heavy atom. The highest BCUT2D eigenvalue weighted by molar-refractivity contribution is 4.94. The zero-order valence-corrected chi connectivity index (χ0v) is 8.75. The van der Waals surface area contributed by atoms with Crippen LogP contribution in [0.15, 0.2) is 6.33 Å². The van der Waals surface area contributed by atoms with Gasteiger partial charge >= 0.3 is 0 Å². The summed E-state index contributed by atoms with van der Waals surface area (Å²) in [6, 6.07) is 0. The summed E-state index contributed by atoms with van der Waals surface area (Å²) in [7, 11) is 1.92. The predicted octanol–water partition coefficient (Wildman–Crippen LogP) is -0.343. The van der Waals surface area contributed by atoms with Gasteiger partial charge in [-0.3, -0.25) is 4.68 Å². The largest absolute Gasteiger partial charge is 0.315 e. The van der Waals surface area contributed by atoms with Gasteiger partial charge in [-0.2, -0.15) is 5.10 Å². The van der Waals surface area contributed by atoms with Crippen molar-refractivity contribution >= 4 is 0 Å². The molecule has 0 radical (unpaired) electrons. The third-order valence-corrected chi connectivity index (χ3v) is 2.85. The van der Waals surface area contributed by atoms with Gasteiger partial charge in [0.05, 0.1) is 6.54 Å². The van der Waals surface area contributed by atoms with Crippen molar-refractivity contribution in [1.29, 1.82) is 0 Å². The topological polar surface area (TPSA) is 54.8 Å². The number of hydrogen-bond donors (Lipinski definition) is 2. The molecule has 0 aromatic carbocycles. The van der Waals surface area contributed by atoms with E-state index in [0.29, 0.717) is 0 Å². The normalized spacial score (nSPS) is 27.0. The number of hydrogen-bond acceptors (Lipinski definition) is 4. The van der Waals surface area contributed by atoms with Gasteiger partial charge in [-0.25, -0.2) is 4.98 Å². The molecule has 0 amide bonds. The number of nitrogens with one attached hydrogen (secondary N) is 2. The lowest BCUT2D eigenvalue weighted by molar-refractivity contribution is 0.377. The Kier molecular flexibility index (Phi) is 2.52. The van der Waals surface area contributed by atoms with Crippen molar-refractivity contribution in [3.05, 3.63) is 12.2 Å². The number of rotatable bonds is 3. The van der Waals surface area contributed by atoms with Gasteiger partial charge < -0.3 is 10.6 Å². The molecular formula is C9H17N5. The first-order valence-corrected chi connectivity index (χ1v) is 4.98. The van der Waals surface area contributed by atoms with E-state index in [9.17, 15) is 0 Å². The lowest BCUT2D eigenvalue weighted by atomic mass is 10.0. The molecule has 0 saturated carbocycles. The maximum Gasteiger partial charge on any atom is 0.140 e. The minimum atomic E-state index is 0.214. The van der Waals surface area contributed by atoms with Crippen LogP contribution in [0.25, 0.3) is 0 Å². The van der Waals surface area contributed by atoms with Crippen molar-refractivity contribution < 1.29 is 0 Å². The molecule has 1 fully saturated rings. The minimum Gasteiger partial charge on any atom is -0.315 e. The molecule has 2 N–H and O–H groups in total. The summed E-state index contributed by atoms with van der Waals surface area (Å²) in [5.74, 6) is 0.984. The SMILES string of the molecule is Cn1ncnc1CNC1(C)CCNC1. The van der Waals surface area contributed by atoms with Gasteiger partial charge in [-0.05, 0) is 19.9 Å².